The quantitative estimate of drug-likeness (QED) is 0.717. The van der Waals surface area contributed by atoms with Crippen LogP contribution in [-0.2, 0) is 6.54 Å². The summed E-state index contributed by atoms with van der Waals surface area (Å²) in [7, 11) is 1.77. The van der Waals surface area contributed by atoms with Crippen LogP contribution in [0.25, 0.3) is 9.40 Å². The van der Waals surface area contributed by atoms with Gasteiger partial charge in [-0.25, -0.2) is 0 Å². The summed E-state index contributed by atoms with van der Waals surface area (Å²) in [4.78, 5) is 14.9. The number of thiophene rings is 2. The van der Waals surface area contributed by atoms with E-state index in [1.807, 2.05) is 17.5 Å². The average molecular weight is 337 g/mol. The second-order valence-corrected chi connectivity index (χ2v) is 7.21. The van der Waals surface area contributed by atoms with Gasteiger partial charge in [-0.2, -0.15) is 0 Å². The van der Waals surface area contributed by atoms with Crippen LogP contribution in [0.2, 0.25) is 5.02 Å². The van der Waals surface area contributed by atoms with Gasteiger partial charge in [-0.15, -0.1) is 22.7 Å². The van der Waals surface area contributed by atoms with Crippen LogP contribution in [0.4, 0.5) is 5.69 Å². The van der Waals surface area contributed by atoms with Crippen LogP contribution >= 0.6 is 34.3 Å². The molecule has 0 unspecified atom stereocenters. The Labute approximate surface area is 135 Å². The van der Waals surface area contributed by atoms with Crippen molar-refractivity contribution < 1.29 is 4.79 Å². The zero-order chi connectivity index (χ0) is 15.0. The maximum atomic E-state index is 12.5. The number of anilines is 1. The Morgan fingerprint density at radius 2 is 2.10 bits per heavy atom. The highest BCUT2D eigenvalue weighted by Crippen LogP contribution is 2.31. The average Bonchev–Trinajstić information content (AvgIpc) is 3.03. The van der Waals surface area contributed by atoms with Crippen molar-refractivity contribution in [2.75, 3.05) is 12.8 Å². The Kier molecular flexibility index (Phi) is 3.89. The molecule has 0 bridgehead atoms. The maximum Gasteiger partial charge on any atom is 0.264 e. The van der Waals surface area contributed by atoms with Crippen molar-refractivity contribution in [1.29, 1.82) is 0 Å². The first kappa shape index (κ1) is 14.4. The van der Waals surface area contributed by atoms with Gasteiger partial charge in [0.05, 0.1) is 4.88 Å². The van der Waals surface area contributed by atoms with E-state index in [1.54, 1.807) is 41.5 Å². The Balaban J connectivity index is 1.81. The van der Waals surface area contributed by atoms with Gasteiger partial charge in [0.15, 0.2) is 0 Å². The van der Waals surface area contributed by atoms with Gasteiger partial charge < -0.3 is 10.6 Å². The summed E-state index contributed by atoms with van der Waals surface area (Å²) in [5.41, 5.74) is 7.27. The fourth-order valence-electron chi connectivity index (χ4n) is 2.10. The van der Waals surface area contributed by atoms with Gasteiger partial charge in [-0.3, -0.25) is 4.79 Å². The standard InChI is InChI=1S/C15H13ClN2OS2/c1-18(8-9-6-10(17)2-3-11(9)16)15(19)14-7-13-12(21-14)4-5-20-13/h2-7H,8,17H2,1H3. The Bertz CT molecular complexity index is 780. The predicted molar refractivity (Wildman–Crippen MR) is 91.4 cm³/mol. The zero-order valence-electron chi connectivity index (χ0n) is 11.3. The molecule has 0 fully saturated rings. The van der Waals surface area contributed by atoms with Crippen molar-refractivity contribution in [3.63, 3.8) is 0 Å². The molecule has 1 aromatic carbocycles. The molecule has 3 aromatic rings. The van der Waals surface area contributed by atoms with Crippen LogP contribution in [0.1, 0.15) is 15.2 Å². The van der Waals surface area contributed by atoms with Gasteiger partial charge >= 0.3 is 0 Å². The van der Waals surface area contributed by atoms with E-state index < -0.39 is 0 Å². The predicted octanol–water partition coefficient (Wildman–Crippen LogP) is 4.47. The topological polar surface area (TPSA) is 46.3 Å². The summed E-state index contributed by atoms with van der Waals surface area (Å²) in [5.74, 6) is 0.00175. The number of nitrogen functional groups attached to an aromatic ring is 1. The SMILES string of the molecule is CN(Cc1cc(N)ccc1Cl)C(=O)c1cc2sccc2s1. The van der Waals surface area contributed by atoms with Crippen molar-refractivity contribution in [2.24, 2.45) is 0 Å². The van der Waals surface area contributed by atoms with Gasteiger partial charge in [0.25, 0.3) is 5.91 Å². The van der Waals surface area contributed by atoms with Crippen molar-refractivity contribution in [2.45, 2.75) is 6.54 Å². The van der Waals surface area contributed by atoms with E-state index in [0.29, 0.717) is 17.3 Å². The van der Waals surface area contributed by atoms with Crippen LogP contribution < -0.4 is 5.73 Å². The molecule has 0 radical (unpaired) electrons. The fraction of sp³-hybridized carbons (Fsp3) is 0.133. The summed E-state index contributed by atoms with van der Waals surface area (Å²) < 4.78 is 2.30. The van der Waals surface area contributed by atoms with E-state index in [1.165, 1.54) is 11.3 Å². The van der Waals surface area contributed by atoms with Crippen molar-refractivity contribution in [3.05, 3.63) is 51.2 Å². The fourth-order valence-corrected chi connectivity index (χ4v) is 4.38. The third kappa shape index (κ3) is 2.90. The van der Waals surface area contributed by atoms with E-state index in [4.69, 9.17) is 17.3 Å². The van der Waals surface area contributed by atoms with Gasteiger partial charge in [0, 0.05) is 33.7 Å². The van der Waals surface area contributed by atoms with Crippen LogP contribution in [0.3, 0.4) is 0 Å². The molecule has 0 aliphatic rings. The van der Waals surface area contributed by atoms with Gasteiger partial charge in [0.1, 0.15) is 0 Å². The van der Waals surface area contributed by atoms with Gasteiger partial charge in [0.2, 0.25) is 0 Å². The number of carbonyl (C=O) groups excluding carboxylic acids is 1. The minimum Gasteiger partial charge on any atom is -0.399 e. The molecule has 6 heteroatoms. The molecule has 0 saturated carbocycles. The summed E-state index contributed by atoms with van der Waals surface area (Å²) >= 11 is 9.32. The van der Waals surface area contributed by atoms with E-state index in [-0.39, 0.29) is 5.91 Å². The number of hydrogen-bond acceptors (Lipinski definition) is 4. The molecule has 2 heterocycles. The van der Waals surface area contributed by atoms with E-state index in [2.05, 4.69) is 0 Å². The molecule has 21 heavy (non-hydrogen) atoms. The molecule has 108 valence electrons. The van der Waals surface area contributed by atoms with Gasteiger partial charge in [-0.05, 0) is 41.3 Å². The molecule has 2 N–H and O–H groups in total. The minimum atomic E-state index is 0.00175. The van der Waals surface area contributed by atoms with Crippen molar-refractivity contribution in [1.82, 2.24) is 4.90 Å². The zero-order valence-corrected chi connectivity index (χ0v) is 13.7. The molecule has 3 nitrogen and oxygen atoms in total. The van der Waals surface area contributed by atoms with Crippen LogP contribution in [0, 0.1) is 0 Å². The molecule has 3 rings (SSSR count). The van der Waals surface area contributed by atoms with Gasteiger partial charge in [-0.1, -0.05) is 11.6 Å². The van der Waals surface area contributed by atoms with Crippen LogP contribution in [0.15, 0.2) is 35.7 Å². The molecule has 0 atom stereocenters. The summed E-state index contributed by atoms with van der Waals surface area (Å²) in [6.07, 6.45) is 0. The van der Waals surface area contributed by atoms with Crippen LogP contribution in [-0.4, -0.2) is 17.9 Å². The third-order valence-corrected chi connectivity index (χ3v) is 5.62. The Morgan fingerprint density at radius 1 is 1.29 bits per heavy atom. The molecule has 0 saturated heterocycles. The number of nitrogens with two attached hydrogens (primary N) is 1. The number of benzene rings is 1. The third-order valence-electron chi connectivity index (χ3n) is 3.17. The van der Waals surface area contributed by atoms with E-state index in [9.17, 15) is 4.79 Å². The first-order valence-corrected chi connectivity index (χ1v) is 8.38. The minimum absolute atomic E-state index is 0.00175. The molecular formula is C15H13ClN2OS2. The first-order chi connectivity index (χ1) is 10.0. The second-order valence-electron chi connectivity index (χ2n) is 4.77. The molecule has 0 spiro atoms. The van der Waals surface area contributed by atoms with Crippen molar-refractivity contribution in [3.8, 4) is 0 Å². The molecular weight excluding hydrogens is 324 g/mol. The summed E-state index contributed by atoms with van der Waals surface area (Å²) in [6, 6.07) is 9.30. The molecule has 0 aliphatic carbocycles. The number of rotatable bonds is 3. The highest BCUT2D eigenvalue weighted by molar-refractivity contribution is 7.27. The lowest BCUT2D eigenvalue weighted by atomic mass is 10.2. The number of fused-ring (bicyclic) bond motifs is 1. The lowest BCUT2D eigenvalue weighted by Gasteiger charge is -2.17. The summed E-state index contributed by atoms with van der Waals surface area (Å²) in [5, 5.41) is 2.65. The second kappa shape index (κ2) is 5.67. The lowest BCUT2D eigenvalue weighted by molar-refractivity contribution is 0.0790. The number of hydrogen-bond donors (Lipinski definition) is 1. The Hall–Kier alpha value is -1.56. The highest BCUT2D eigenvalue weighted by atomic mass is 35.5. The number of amides is 1. The van der Waals surface area contributed by atoms with E-state index in [0.717, 1.165) is 19.8 Å². The monoisotopic (exact) mass is 336 g/mol. The van der Waals surface area contributed by atoms with E-state index >= 15 is 0 Å². The maximum absolute atomic E-state index is 12.5. The molecule has 2 aromatic heterocycles. The molecule has 1 amide bonds. The number of carbonyl (C=O) groups is 1. The van der Waals surface area contributed by atoms with Crippen molar-refractivity contribution >= 4 is 55.3 Å². The Morgan fingerprint density at radius 3 is 2.86 bits per heavy atom. The largest absolute Gasteiger partial charge is 0.399 e. The lowest BCUT2D eigenvalue weighted by Crippen LogP contribution is -2.25. The molecule has 0 aliphatic heterocycles. The van der Waals surface area contributed by atoms with Crippen LogP contribution in [0.5, 0.6) is 0 Å². The summed E-state index contributed by atoms with van der Waals surface area (Å²) in [6.45, 7) is 0.439. The smallest absolute Gasteiger partial charge is 0.264 e. The first-order valence-electron chi connectivity index (χ1n) is 6.31. The normalized spacial score (nSPS) is 11.0. The highest BCUT2D eigenvalue weighted by Gasteiger charge is 2.16. The number of nitrogens with zero attached hydrogens (tertiary/aromatic N) is 1. The number of halogens is 1.